The first-order valence-corrected chi connectivity index (χ1v) is 10.2. The number of fused-ring (bicyclic) bond motifs is 1. The Kier molecular flexibility index (Phi) is 3.47. The van der Waals surface area contributed by atoms with Crippen LogP contribution in [0.1, 0.15) is 12.0 Å². The third-order valence-corrected chi connectivity index (χ3v) is 7.19. The van der Waals surface area contributed by atoms with Crippen molar-refractivity contribution in [3.05, 3.63) is 52.4 Å². The molecule has 0 unspecified atom stereocenters. The number of benzene rings is 1. The number of allylic oxidation sites excluding steroid dienone is 2. The van der Waals surface area contributed by atoms with E-state index < -0.39 is 18.1 Å². The first-order valence-electron chi connectivity index (χ1n) is 10.2. The number of carbonyl (C=O) groups is 3. The molecule has 6 atom stereocenters. The Morgan fingerprint density at radius 2 is 1.73 bits per heavy atom. The third kappa shape index (κ3) is 2.38. The minimum atomic E-state index is -0.696. The summed E-state index contributed by atoms with van der Waals surface area (Å²) in [5, 5.41) is 0.741. The van der Waals surface area contributed by atoms with Crippen molar-refractivity contribution in [2.75, 3.05) is 6.54 Å². The highest BCUT2D eigenvalue weighted by molar-refractivity contribution is 6.08. The summed E-state index contributed by atoms with van der Waals surface area (Å²) in [6.07, 6.45) is 5.28. The van der Waals surface area contributed by atoms with Crippen molar-refractivity contribution in [3.63, 3.8) is 0 Å². The van der Waals surface area contributed by atoms with Crippen LogP contribution in [-0.2, 0) is 14.4 Å². The van der Waals surface area contributed by atoms with Gasteiger partial charge in [-0.1, -0.05) is 12.2 Å². The first kappa shape index (κ1) is 17.6. The molecule has 2 heterocycles. The quantitative estimate of drug-likeness (QED) is 0.255. The van der Waals surface area contributed by atoms with Gasteiger partial charge in [0.05, 0.1) is 11.8 Å². The van der Waals surface area contributed by atoms with Gasteiger partial charge in [-0.25, -0.2) is 9.59 Å². The van der Waals surface area contributed by atoms with E-state index in [2.05, 4.69) is 12.2 Å². The van der Waals surface area contributed by atoms with E-state index in [0.29, 0.717) is 17.4 Å². The van der Waals surface area contributed by atoms with Crippen molar-refractivity contribution in [2.24, 2.45) is 35.5 Å². The number of likely N-dealkylation sites (tertiary alicyclic amines) is 1. The number of imide groups is 1. The summed E-state index contributed by atoms with van der Waals surface area (Å²) >= 11 is 0. The van der Waals surface area contributed by atoms with E-state index in [-0.39, 0.29) is 41.2 Å². The summed E-state index contributed by atoms with van der Waals surface area (Å²) in [5.74, 6) is -0.402. The minimum absolute atomic E-state index is 0.119. The van der Waals surface area contributed by atoms with E-state index in [1.165, 1.54) is 12.1 Å². The van der Waals surface area contributed by atoms with E-state index >= 15 is 0 Å². The third-order valence-electron chi connectivity index (χ3n) is 7.19. The van der Waals surface area contributed by atoms with E-state index in [9.17, 15) is 19.2 Å². The largest absolute Gasteiger partial charge is 0.425 e. The number of carbonyl (C=O) groups excluding carboxylic acids is 3. The molecule has 2 saturated carbocycles. The fraction of sp³-hybridized carbons (Fsp3) is 0.391. The highest BCUT2D eigenvalue weighted by Crippen LogP contribution is 2.65. The Hall–Kier alpha value is -3.22. The second-order valence-corrected chi connectivity index (χ2v) is 8.80. The molecule has 2 amide bonds. The first-order chi connectivity index (χ1) is 14.4. The topological polar surface area (TPSA) is 93.9 Å². The fourth-order valence-corrected chi connectivity index (χ4v) is 5.85. The van der Waals surface area contributed by atoms with Crippen LogP contribution in [0.3, 0.4) is 0 Å². The van der Waals surface area contributed by atoms with E-state index in [4.69, 9.17) is 9.15 Å². The van der Waals surface area contributed by atoms with E-state index in [1.54, 1.807) is 12.1 Å². The zero-order valence-corrected chi connectivity index (χ0v) is 16.2. The van der Waals surface area contributed by atoms with Crippen LogP contribution in [0.25, 0.3) is 11.0 Å². The van der Waals surface area contributed by atoms with Crippen LogP contribution in [0, 0.1) is 42.4 Å². The van der Waals surface area contributed by atoms with Crippen molar-refractivity contribution in [2.45, 2.75) is 13.3 Å². The van der Waals surface area contributed by atoms with E-state index in [1.807, 2.05) is 6.92 Å². The average molecular weight is 405 g/mol. The molecule has 7 nitrogen and oxygen atoms in total. The Morgan fingerprint density at radius 3 is 2.40 bits per heavy atom. The fourth-order valence-electron chi connectivity index (χ4n) is 5.85. The van der Waals surface area contributed by atoms with Crippen LogP contribution < -0.4 is 10.4 Å². The summed E-state index contributed by atoms with van der Waals surface area (Å²) in [5.41, 5.74) is 0.592. The highest BCUT2D eigenvalue weighted by Gasteiger charge is 2.67. The minimum Gasteiger partial charge on any atom is -0.425 e. The predicted molar refractivity (Wildman–Crippen MR) is 104 cm³/mol. The molecule has 7 heteroatoms. The van der Waals surface area contributed by atoms with Gasteiger partial charge in [-0.15, -0.1) is 0 Å². The molecule has 1 saturated heterocycles. The lowest BCUT2D eigenvalue weighted by atomic mass is 9.63. The summed E-state index contributed by atoms with van der Waals surface area (Å²) in [6.45, 7) is 1.40. The second-order valence-electron chi connectivity index (χ2n) is 8.80. The van der Waals surface area contributed by atoms with Crippen molar-refractivity contribution in [1.82, 2.24) is 4.90 Å². The average Bonchev–Trinajstić information content (AvgIpc) is 3.49. The van der Waals surface area contributed by atoms with Crippen molar-refractivity contribution in [3.8, 4) is 5.75 Å². The number of nitrogens with zero attached hydrogens (tertiary/aromatic N) is 1. The molecular weight excluding hydrogens is 386 g/mol. The van der Waals surface area contributed by atoms with Gasteiger partial charge in [-0.05, 0) is 54.7 Å². The standard InChI is InChI=1S/C23H19NO6/c1-10-6-11(7-17-12(10)4-5-18(25)30-17)29-19(26)9-24-22(27)20-13-2-3-14(16-8-15(13)16)21(20)23(24)28/h2-7,13-16,20-21H,8-9H2,1H3/t13-,14+,15+,16-,20+,21-. The van der Waals surface area contributed by atoms with Crippen molar-refractivity contribution in [1.29, 1.82) is 0 Å². The van der Waals surface area contributed by atoms with Crippen LogP contribution in [0.5, 0.6) is 5.75 Å². The molecule has 3 fully saturated rings. The number of aryl methyl sites for hydroxylation is 1. The summed E-state index contributed by atoms with van der Waals surface area (Å²) in [6, 6.07) is 6.10. The molecule has 0 radical (unpaired) electrons. The molecule has 2 bridgehead atoms. The Labute approximate surface area is 171 Å². The molecule has 0 spiro atoms. The molecule has 30 heavy (non-hydrogen) atoms. The number of hydrogen-bond donors (Lipinski definition) is 0. The zero-order chi connectivity index (χ0) is 20.7. The van der Waals surface area contributed by atoms with Crippen molar-refractivity contribution >= 4 is 28.8 Å². The van der Waals surface area contributed by atoms with Gasteiger partial charge in [0.25, 0.3) is 0 Å². The van der Waals surface area contributed by atoms with Gasteiger partial charge in [-0.2, -0.15) is 0 Å². The molecule has 1 aromatic carbocycles. The lowest BCUT2D eigenvalue weighted by Gasteiger charge is -2.37. The van der Waals surface area contributed by atoms with Gasteiger partial charge >= 0.3 is 11.6 Å². The second kappa shape index (κ2) is 5.90. The van der Waals surface area contributed by atoms with Crippen molar-refractivity contribution < 1.29 is 23.5 Å². The van der Waals surface area contributed by atoms with Crippen LogP contribution in [0.4, 0.5) is 0 Å². The maximum atomic E-state index is 13.0. The van der Waals surface area contributed by atoms with Gasteiger partial charge in [0.2, 0.25) is 11.8 Å². The van der Waals surface area contributed by atoms with E-state index in [0.717, 1.165) is 22.3 Å². The molecule has 7 rings (SSSR count). The number of esters is 1. The summed E-state index contributed by atoms with van der Waals surface area (Å²) < 4.78 is 10.6. The highest BCUT2D eigenvalue weighted by atomic mass is 16.5. The monoisotopic (exact) mass is 405 g/mol. The maximum Gasteiger partial charge on any atom is 0.336 e. The van der Waals surface area contributed by atoms with Gasteiger partial charge in [-0.3, -0.25) is 14.5 Å². The van der Waals surface area contributed by atoms with Gasteiger partial charge in [0.1, 0.15) is 17.9 Å². The van der Waals surface area contributed by atoms with Crippen LogP contribution in [0.2, 0.25) is 0 Å². The Bertz CT molecular complexity index is 1190. The molecule has 1 aromatic heterocycles. The SMILES string of the molecule is Cc1cc(OC(=O)CN2C(=O)[C@@H]3[C@H]4C=C[C@H]([C@@H]5C[C@H]45)[C@@H]3C2=O)cc2oc(=O)ccc12. The molecule has 1 aliphatic heterocycles. The predicted octanol–water partition coefficient (Wildman–Crippen LogP) is 2.06. The summed E-state index contributed by atoms with van der Waals surface area (Å²) in [7, 11) is 0. The molecule has 4 aliphatic carbocycles. The number of rotatable bonds is 3. The normalized spacial score (nSPS) is 33.0. The van der Waals surface area contributed by atoms with Crippen LogP contribution in [0.15, 0.2) is 45.6 Å². The number of hydrogen-bond acceptors (Lipinski definition) is 6. The van der Waals surface area contributed by atoms with Crippen LogP contribution in [-0.4, -0.2) is 29.2 Å². The maximum absolute atomic E-state index is 13.0. The lowest BCUT2D eigenvalue weighted by Crippen LogP contribution is -2.40. The molecule has 152 valence electrons. The summed E-state index contributed by atoms with van der Waals surface area (Å²) in [4.78, 5) is 51.0. The Morgan fingerprint density at radius 1 is 1.07 bits per heavy atom. The molecule has 0 N–H and O–H groups in total. The zero-order valence-electron chi connectivity index (χ0n) is 16.2. The lowest BCUT2D eigenvalue weighted by molar-refractivity contribution is -0.148. The Balaban J connectivity index is 1.22. The molecule has 5 aliphatic rings. The molecular formula is C23H19NO6. The molecule has 2 aromatic rings. The van der Waals surface area contributed by atoms with Gasteiger partial charge in [0.15, 0.2) is 0 Å². The number of ether oxygens (including phenoxy) is 1. The smallest absolute Gasteiger partial charge is 0.336 e. The number of amides is 2. The van der Waals surface area contributed by atoms with Gasteiger partial charge in [0, 0.05) is 17.5 Å². The van der Waals surface area contributed by atoms with Crippen LogP contribution >= 0.6 is 0 Å². The van der Waals surface area contributed by atoms with Gasteiger partial charge < -0.3 is 9.15 Å².